The number of ether oxygens (including phenoxy) is 5. The van der Waals surface area contributed by atoms with Gasteiger partial charge in [0.2, 0.25) is 11.5 Å². The van der Waals surface area contributed by atoms with E-state index >= 15 is 0 Å². The van der Waals surface area contributed by atoms with Crippen molar-refractivity contribution in [3.8, 4) is 28.7 Å². The van der Waals surface area contributed by atoms with Gasteiger partial charge in [0.25, 0.3) is 0 Å². The number of Topliss-reactive ketones (excluding diaryl/α,β-unsaturated/α-hetero) is 1. The van der Waals surface area contributed by atoms with Crippen LogP contribution in [0.25, 0.3) is 6.08 Å². The first-order valence-electron chi connectivity index (χ1n) is 9.28. The summed E-state index contributed by atoms with van der Waals surface area (Å²) in [6, 6.07) is 7.09. The molecule has 0 spiro atoms. The van der Waals surface area contributed by atoms with E-state index in [0.29, 0.717) is 45.4 Å². The van der Waals surface area contributed by atoms with Crippen molar-refractivity contribution in [1.29, 1.82) is 0 Å². The van der Waals surface area contributed by atoms with Crippen LogP contribution in [0.1, 0.15) is 22.8 Å². The molecule has 2 rings (SSSR count). The van der Waals surface area contributed by atoms with Gasteiger partial charge in [-0.1, -0.05) is 0 Å². The zero-order chi connectivity index (χ0) is 22.4. The van der Waals surface area contributed by atoms with Crippen molar-refractivity contribution in [2.75, 3.05) is 54.5 Å². The minimum Gasteiger partial charge on any atom is -0.495 e. The fraction of sp³-hybridized carbons (Fsp3) is 0.348. The Kier molecular flexibility index (Phi) is 7.58. The van der Waals surface area contributed by atoms with Gasteiger partial charge < -0.3 is 28.6 Å². The number of carbonyl (C=O) groups excluding carboxylic acids is 1. The molecule has 0 unspecified atom stereocenters. The third-order valence-electron chi connectivity index (χ3n) is 4.67. The molecule has 0 bridgehead atoms. The molecular weight excluding hydrogens is 386 g/mol. The topological polar surface area (TPSA) is 66.5 Å². The summed E-state index contributed by atoms with van der Waals surface area (Å²) in [5.74, 6) is 2.32. The third kappa shape index (κ3) is 4.45. The van der Waals surface area contributed by atoms with Gasteiger partial charge in [-0.25, -0.2) is 0 Å². The van der Waals surface area contributed by atoms with Crippen LogP contribution in [0.4, 0.5) is 5.69 Å². The van der Waals surface area contributed by atoms with E-state index in [9.17, 15) is 4.79 Å². The maximum atomic E-state index is 13.1. The first-order valence-corrected chi connectivity index (χ1v) is 9.28. The molecule has 0 aliphatic carbocycles. The smallest absolute Gasteiger partial charge is 0.207 e. The fourth-order valence-electron chi connectivity index (χ4n) is 3.17. The van der Waals surface area contributed by atoms with E-state index in [1.807, 2.05) is 25.1 Å². The van der Waals surface area contributed by atoms with Crippen molar-refractivity contribution in [2.45, 2.75) is 6.92 Å². The third-order valence-corrected chi connectivity index (χ3v) is 4.67. The van der Waals surface area contributed by atoms with E-state index < -0.39 is 0 Å². The lowest BCUT2D eigenvalue weighted by Gasteiger charge is -2.18. The van der Waals surface area contributed by atoms with Gasteiger partial charge in [0, 0.05) is 25.2 Å². The molecule has 0 saturated carbocycles. The minimum atomic E-state index is -0.114. The number of anilines is 1. The van der Waals surface area contributed by atoms with Gasteiger partial charge in [0.05, 0.1) is 41.2 Å². The summed E-state index contributed by atoms with van der Waals surface area (Å²) >= 11 is 0. The Morgan fingerprint density at radius 2 is 1.40 bits per heavy atom. The van der Waals surface area contributed by atoms with Crippen molar-refractivity contribution in [3.63, 3.8) is 0 Å². The molecular formula is C23H29NO6. The summed E-state index contributed by atoms with van der Waals surface area (Å²) in [7, 11) is 11.5. The summed E-state index contributed by atoms with van der Waals surface area (Å²) < 4.78 is 27.2. The van der Waals surface area contributed by atoms with Crippen LogP contribution >= 0.6 is 0 Å². The number of carbonyl (C=O) groups is 1. The average Bonchev–Trinajstić information content (AvgIpc) is 2.76. The Balaban J connectivity index is 2.56. The highest BCUT2D eigenvalue weighted by Gasteiger charge is 2.21. The van der Waals surface area contributed by atoms with Crippen LogP contribution in [0.15, 0.2) is 29.8 Å². The highest BCUT2D eigenvalue weighted by molar-refractivity contribution is 6.11. The lowest BCUT2D eigenvalue weighted by Crippen LogP contribution is -2.11. The molecule has 0 aromatic heterocycles. The van der Waals surface area contributed by atoms with Gasteiger partial charge in [-0.2, -0.15) is 0 Å². The van der Waals surface area contributed by atoms with Crippen molar-refractivity contribution < 1.29 is 28.5 Å². The lowest BCUT2D eigenvalue weighted by atomic mass is 10.0. The number of rotatable bonds is 9. The van der Waals surface area contributed by atoms with Gasteiger partial charge in [-0.15, -0.1) is 0 Å². The maximum absolute atomic E-state index is 13.1. The zero-order valence-electron chi connectivity index (χ0n) is 18.8. The first kappa shape index (κ1) is 22.9. The van der Waals surface area contributed by atoms with Crippen molar-refractivity contribution >= 4 is 17.5 Å². The molecule has 0 amide bonds. The molecule has 0 heterocycles. The molecule has 2 aromatic carbocycles. The number of allylic oxidation sites excluding steroid dienone is 1. The van der Waals surface area contributed by atoms with Crippen LogP contribution in [0, 0.1) is 0 Å². The average molecular weight is 415 g/mol. The monoisotopic (exact) mass is 415 g/mol. The van der Waals surface area contributed by atoms with E-state index in [2.05, 4.69) is 0 Å². The van der Waals surface area contributed by atoms with Crippen LogP contribution in [0.2, 0.25) is 0 Å². The number of benzene rings is 2. The van der Waals surface area contributed by atoms with E-state index in [1.54, 1.807) is 38.3 Å². The molecule has 0 atom stereocenters. The summed E-state index contributed by atoms with van der Waals surface area (Å²) in [5.41, 5.74) is 2.54. The van der Waals surface area contributed by atoms with Crippen LogP contribution < -0.4 is 28.6 Å². The molecule has 0 fully saturated rings. The number of hydrogen-bond donors (Lipinski definition) is 0. The standard InChI is InChI=1S/C23H29NO6/c1-14(20(25)15-9-10-18(26-4)17(12-15)24(2)3)11-16-13-19(27-5)22(29-7)23(30-8)21(16)28-6/h9-13H,1-8H3. The SMILES string of the molecule is COc1ccc(C(=O)C(C)=Cc2cc(OC)c(OC)c(OC)c2OC)cc1N(C)C. The Morgan fingerprint density at radius 3 is 1.90 bits per heavy atom. The van der Waals surface area contributed by atoms with Gasteiger partial charge in [0.15, 0.2) is 17.3 Å². The van der Waals surface area contributed by atoms with Crippen molar-refractivity contribution in [3.05, 3.63) is 41.0 Å². The van der Waals surface area contributed by atoms with Gasteiger partial charge in [-0.3, -0.25) is 4.79 Å². The summed E-state index contributed by atoms with van der Waals surface area (Å²) in [4.78, 5) is 15.0. The van der Waals surface area contributed by atoms with Crippen molar-refractivity contribution in [1.82, 2.24) is 0 Å². The minimum absolute atomic E-state index is 0.114. The number of methoxy groups -OCH3 is 5. The van der Waals surface area contributed by atoms with Gasteiger partial charge in [-0.05, 0) is 42.8 Å². The Labute approximate surface area is 177 Å². The fourth-order valence-corrected chi connectivity index (χ4v) is 3.17. The predicted molar refractivity (Wildman–Crippen MR) is 118 cm³/mol. The largest absolute Gasteiger partial charge is 0.495 e. The van der Waals surface area contributed by atoms with Crippen molar-refractivity contribution in [2.24, 2.45) is 0 Å². The second kappa shape index (κ2) is 9.91. The van der Waals surface area contributed by atoms with Crippen LogP contribution in [-0.4, -0.2) is 55.4 Å². The normalized spacial score (nSPS) is 11.0. The molecule has 0 N–H and O–H groups in total. The van der Waals surface area contributed by atoms with Gasteiger partial charge in [0.1, 0.15) is 5.75 Å². The molecule has 0 aliphatic heterocycles. The Hall–Kier alpha value is -3.35. The van der Waals surface area contributed by atoms with Gasteiger partial charge >= 0.3 is 0 Å². The summed E-state index contributed by atoms with van der Waals surface area (Å²) in [6.07, 6.45) is 1.74. The molecule has 30 heavy (non-hydrogen) atoms. The Bertz CT molecular complexity index is 949. The Morgan fingerprint density at radius 1 is 0.800 bits per heavy atom. The zero-order valence-corrected chi connectivity index (χ0v) is 18.8. The highest BCUT2D eigenvalue weighted by atomic mass is 16.5. The second-order valence-corrected chi connectivity index (χ2v) is 6.71. The molecule has 0 saturated heterocycles. The quantitative estimate of drug-likeness (QED) is 0.452. The number of ketones is 1. The maximum Gasteiger partial charge on any atom is 0.207 e. The number of nitrogens with zero attached hydrogens (tertiary/aromatic N) is 1. The van der Waals surface area contributed by atoms with E-state index in [4.69, 9.17) is 23.7 Å². The first-order chi connectivity index (χ1) is 14.3. The summed E-state index contributed by atoms with van der Waals surface area (Å²) in [5, 5.41) is 0. The molecule has 7 nitrogen and oxygen atoms in total. The van der Waals surface area contributed by atoms with E-state index in [1.165, 1.54) is 28.4 Å². The number of hydrogen-bond acceptors (Lipinski definition) is 7. The molecule has 0 aliphatic rings. The van der Waals surface area contributed by atoms with Crippen LogP contribution in [0.5, 0.6) is 28.7 Å². The van der Waals surface area contributed by atoms with Crippen LogP contribution in [0.3, 0.4) is 0 Å². The second-order valence-electron chi connectivity index (χ2n) is 6.71. The lowest BCUT2D eigenvalue weighted by molar-refractivity contribution is 0.103. The van der Waals surface area contributed by atoms with Crippen LogP contribution in [-0.2, 0) is 0 Å². The predicted octanol–water partition coefficient (Wildman–Crippen LogP) is 4.08. The molecule has 7 heteroatoms. The summed E-state index contributed by atoms with van der Waals surface area (Å²) in [6.45, 7) is 1.75. The molecule has 0 radical (unpaired) electrons. The molecule has 162 valence electrons. The van der Waals surface area contributed by atoms with E-state index in [-0.39, 0.29) is 5.78 Å². The highest BCUT2D eigenvalue weighted by Crippen LogP contribution is 2.47. The molecule has 2 aromatic rings. The van der Waals surface area contributed by atoms with E-state index in [0.717, 1.165) is 5.69 Å².